The summed E-state index contributed by atoms with van der Waals surface area (Å²) in [5.74, 6) is 6.45. The molecule has 3 heteroatoms. The quantitative estimate of drug-likeness (QED) is 0.573. The number of nitrogens with one attached hydrogen (secondary N) is 1. The zero-order valence-electron chi connectivity index (χ0n) is 7.70. The van der Waals surface area contributed by atoms with Crippen LogP contribution in [0.3, 0.4) is 0 Å². The molecule has 2 nitrogen and oxygen atoms in total. The van der Waals surface area contributed by atoms with Crippen molar-refractivity contribution in [2.75, 3.05) is 0 Å². The highest BCUT2D eigenvalue weighted by atomic mass is 32.1. The van der Waals surface area contributed by atoms with E-state index in [4.69, 9.17) is 5.84 Å². The number of hydrogen-bond acceptors (Lipinski definition) is 3. The molecule has 0 amide bonds. The third kappa shape index (κ3) is 2.10. The summed E-state index contributed by atoms with van der Waals surface area (Å²) < 4.78 is 0. The van der Waals surface area contributed by atoms with E-state index in [1.807, 2.05) is 0 Å². The zero-order valence-corrected chi connectivity index (χ0v) is 8.52. The highest BCUT2D eigenvalue weighted by molar-refractivity contribution is 7.10. The van der Waals surface area contributed by atoms with Gasteiger partial charge in [0.15, 0.2) is 0 Å². The Morgan fingerprint density at radius 1 is 1.62 bits per heavy atom. The monoisotopic (exact) mass is 196 g/mol. The standard InChI is InChI=1S/C10H16N2S/c11-12-9(7-8-3-1-4-8)10-5-2-6-13-10/h2,5-6,8-9,12H,1,3-4,7,11H2. The number of nitrogens with two attached hydrogens (primary N) is 1. The summed E-state index contributed by atoms with van der Waals surface area (Å²) in [6.07, 6.45) is 5.40. The van der Waals surface area contributed by atoms with E-state index in [-0.39, 0.29) is 0 Å². The van der Waals surface area contributed by atoms with Crippen LogP contribution in [0, 0.1) is 5.92 Å². The van der Waals surface area contributed by atoms with Gasteiger partial charge in [0.25, 0.3) is 0 Å². The molecule has 3 N–H and O–H groups in total. The van der Waals surface area contributed by atoms with Gasteiger partial charge >= 0.3 is 0 Å². The van der Waals surface area contributed by atoms with Crippen molar-refractivity contribution >= 4 is 11.3 Å². The van der Waals surface area contributed by atoms with Crippen LogP contribution in [0.4, 0.5) is 0 Å². The van der Waals surface area contributed by atoms with Crippen molar-refractivity contribution < 1.29 is 0 Å². The molecule has 1 saturated carbocycles. The molecule has 1 fully saturated rings. The van der Waals surface area contributed by atoms with E-state index in [9.17, 15) is 0 Å². The lowest BCUT2D eigenvalue weighted by Gasteiger charge is -2.28. The zero-order chi connectivity index (χ0) is 9.10. The van der Waals surface area contributed by atoms with Gasteiger partial charge in [0.2, 0.25) is 0 Å². The van der Waals surface area contributed by atoms with E-state index in [2.05, 4.69) is 22.9 Å². The first-order valence-corrected chi connectivity index (χ1v) is 5.77. The fourth-order valence-electron chi connectivity index (χ4n) is 1.82. The summed E-state index contributed by atoms with van der Waals surface area (Å²) >= 11 is 1.79. The van der Waals surface area contributed by atoms with Gasteiger partial charge in [0, 0.05) is 4.88 Å². The van der Waals surface area contributed by atoms with Crippen LogP contribution in [-0.2, 0) is 0 Å². The fourth-order valence-corrected chi connectivity index (χ4v) is 2.62. The highest BCUT2D eigenvalue weighted by Gasteiger charge is 2.22. The maximum Gasteiger partial charge on any atom is 0.0555 e. The summed E-state index contributed by atoms with van der Waals surface area (Å²) in [6.45, 7) is 0. The minimum Gasteiger partial charge on any atom is -0.271 e. The third-order valence-corrected chi connectivity index (χ3v) is 3.87. The van der Waals surface area contributed by atoms with E-state index < -0.39 is 0 Å². The number of thiophene rings is 1. The predicted octanol–water partition coefficient (Wildman–Crippen LogP) is 2.44. The Bertz CT molecular complexity index is 241. The van der Waals surface area contributed by atoms with Gasteiger partial charge in [-0.2, -0.15) is 0 Å². The molecule has 0 spiro atoms. The number of hydrogen-bond donors (Lipinski definition) is 2. The summed E-state index contributed by atoms with van der Waals surface area (Å²) in [6, 6.07) is 4.63. The lowest BCUT2D eigenvalue weighted by atomic mass is 9.81. The molecule has 1 aromatic heterocycles. The Labute approximate surface area is 83.1 Å². The molecule has 1 heterocycles. The van der Waals surface area contributed by atoms with Crippen LogP contribution in [-0.4, -0.2) is 0 Å². The van der Waals surface area contributed by atoms with Crippen LogP contribution < -0.4 is 11.3 Å². The van der Waals surface area contributed by atoms with Gasteiger partial charge in [-0.1, -0.05) is 25.3 Å². The van der Waals surface area contributed by atoms with Crippen LogP contribution in [0.5, 0.6) is 0 Å². The number of rotatable bonds is 4. The molecule has 0 aromatic carbocycles. The van der Waals surface area contributed by atoms with E-state index in [0.29, 0.717) is 6.04 Å². The van der Waals surface area contributed by atoms with Gasteiger partial charge in [-0.15, -0.1) is 11.3 Å². The Balaban J connectivity index is 1.92. The number of hydrazine groups is 1. The lowest BCUT2D eigenvalue weighted by Crippen LogP contribution is -2.30. The maximum absolute atomic E-state index is 5.55. The molecule has 0 radical (unpaired) electrons. The van der Waals surface area contributed by atoms with E-state index in [0.717, 1.165) is 5.92 Å². The fraction of sp³-hybridized carbons (Fsp3) is 0.600. The molecular weight excluding hydrogens is 180 g/mol. The summed E-state index contributed by atoms with van der Waals surface area (Å²) in [4.78, 5) is 1.37. The molecule has 1 atom stereocenters. The Kier molecular flexibility index (Phi) is 2.98. The summed E-state index contributed by atoms with van der Waals surface area (Å²) in [7, 11) is 0. The Hall–Kier alpha value is -0.380. The van der Waals surface area contributed by atoms with Gasteiger partial charge in [-0.25, -0.2) is 0 Å². The molecule has 1 unspecified atom stereocenters. The average molecular weight is 196 g/mol. The van der Waals surface area contributed by atoms with Crippen molar-refractivity contribution in [2.45, 2.75) is 31.7 Å². The molecule has 1 aliphatic rings. The van der Waals surface area contributed by atoms with E-state index in [1.54, 1.807) is 11.3 Å². The first-order valence-electron chi connectivity index (χ1n) is 4.89. The smallest absolute Gasteiger partial charge is 0.0555 e. The predicted molar refractivity (Wildman–Crippen MR) is 56.3 cm³/mol. The largest absolute Gasteiger partial charge is 0.271 e. The van der Waals surface area contributed by atoms with Crippen molar-refractivity contribution in [3.63, 3.8) is 0 Å². The van der Waals surface area contributed by atoms with Gasteiger partial charge in [-0.3, -0.25) is 11.3 Å². The second-order valence-electron chi connectivity index (χ2n) is 3.77. The maximum atomic E-state index is 5.55. The second kappa shape index (κ2) is 4.22. The normalized spacial score (nSPS) is 19.8. The summed E-state index contributed by atoms with van der Waals surface area (Å²) in [5, 5.41) is 2.11. The Morgan fingerprint density at radius 3 is 2.92 bits per heavy atom. The van der Waals surface area contributed by atoms with Gasteiger partial charge in [-0.05, 0) is 23.8 Å². The van der Waals surface area contributed by atoms with Crippen LogP contribution in [0.2, 0.25) is 0 Å². The van der Waals surface area contributed by atoms with Crippen molar-refractivity contribution in [3.05, 3.63) is 22.4 Å². The molecule has 72 valence electrons. The minimum atomic E-state index is 0.380. The van der Waals surface area contributed by atoms with E-state index in [1.165, 1.54) is 30.6 Å². The highest BCUT2D eigenvalue weighted by Crippen LogP contribution is 2.35. The third-order valence-electron chi connectivity index (χ3n) is 2.88. The van der Waals surface area contributed by atoms with Gasteiger partial charge in [0.1, 0.15) is 0 Å². The molecule has 13 heavy (non-hydrogen) atoms. The van der Waals surface area contributed by atoms with Gasteiger partial charge in [0.05, 0.1) is 6.04 Å². The Morgan fingerprint density at radius 2 is 2.46 bits per heavy atom. The minimum absolute atomic E-state index is 0.380. The van der Waals surface area contributed by atoms with Crippen LogP contribution in [0.15, 0.2) is 17.5 Å². The van der Waals surface area contributed by atoms with Crippen molar-refractivity contribution in [1.29, 1.82) is 0 Å². The molecule has 0 saturated heterocycles. The topological polar surface area (TPSA) is 38.0 Å². The van der Waals surface area contributed by atoms with Crippen LogP contribution in [0.25, 0.3) is 0 Å². The molecular formula is C10H16N2S. The molecule has 2 rings (SSSR count). The molecule has 0 bridgehead atoms. The molecule has 1 aromatic rings. The first kappa shape index (κ1) is 9.19. The van der Waals surface area contributed by atoms with Crippen molar-refractivity contribution in [3.8, 4) is 0 Å². The van der Waals surface area contributed by atoms with E-state index >= 15 is 0 Å². The van der Waals surface area contributed by atoms with Crippen molar-refractivity contribution in [2.24, 2.45) is 11.8 Å². The second-order valence-corrected chi connectivity index (χ2v) is 4.75. The van der Waals surface area contributed by atoms with Crippen LogP contribution >= 0.6 is 11.3 Å². The van der Waals surface area contributed by atoms with Crippen LogP contribution in [0.1, 0.15) is 36.6 Å². The molecule has 0 aliphatic heterocycles. The van der Waals surface area contributed by atoms with Crippen molar-refractivity contribution in [1.82, 2.24) is 5.43 Å². The summed E-state index contributed by atoms with van der Waals surface area (Å²) in [5.41, 5.74) is 2.91. The SMILES string of the molecule is NNC(CC1CCC1)c1cccs1. The lowest BCUT2D eigenvalue weighted by molar-refractivity contribution is 0.263. The molecule has 1 aliphatic carbocycles. The average Bonchev–Trinajstić information content (AvgIpc) is 2.55. The van der Waals surface area contributed by atoms with Gasteiger partial charge < -0.3 is 0 Å². The first-order chi connectivity index (χ1) is 6.40.